The molecule has 0 bridgehead atoms. The highest BCUT2D eigenvalue weighted by atomic mass is 16.2. The van der Waals surface area contributed by atoms with E-state index in [-0.39, 0.29) is 29.7 Å². The van der Waals surface area contributed by atoms with Crippen LogP contribution in [0, 0.1) is 11.8 Å². The van der Waals surface area contributed by atoms with Crippen LogP contribution in [-0.4, -0.2) is 35.8 Å². The molecule has 2 fully saturated rings. The molecule has 3 rings (SSSR count). The minimum Gasteiger partial charge on any atom is -0.315 e. The molecular weight excluding hydrogens is 216 g/mol. The normalized spacial score (nSPS) is 36.5. The summed E-state index contributed by atoms with van der Waals surface area (Å²) in [5.74, 6) is -0.549. The Bertz CT molecular complexity index is 378. The summed E-state index contributed by atoms with van der Waals surface area (Å²) in [6.07, 6.45) is 9.37. The van der Waals surface area contributed by atoms with Gasteiger partial charge in [0.15, 0.2) is 0 Å². The lowest BCUT2D eigenvalue weighted by atomic mass is 9.91. The largest absolute Gasteiger partial charge is 0.315 e. The monoisotopic (exact) mass is 232 g/mol. The Balaban J connectivity index is 1.85. The number of carbonyl (C=O) groups excluding carboxylic acids is 2. The summed E-state index contributed by atoms with van der Waals surface area (Å²) < 4.78 is 0. The number of rotatable bonds is 1. The maximum absolute atomic E-state index is 12.2. The number of piperidine rings is 1. The molecule has 3 aliphatic rings. The van der Waals surface area contributed by atoms with Crippen molar-refractivity contribution in [2.45, 2.75) is 18.9 Å². The Labute approximate surface area is 100 Å². The van der Waals surface area contributed by atoms with Gasteiger partial charge >= 0.3 is 0 Å². The van der Waals surface area contributed by atoms with Gasteiger partial charge in [0.05, 0.1) is 17.9 Å². The zero-order valence-electron chi connectivity index (χ0n) is 9.63. The van der Waals surface area contributed by atoms with Gasteiger partial charge in [-0.3, -0.25) is 14.5 Å². The smallest absolute Gasteiger partial charge is 0.237 e. The Morgan fingerprint density at radius 3 is 2.29 bits per heavy atom. The summed E-state index contributed by atoms with van der Waals surface area (Å²) in [5, 5.41) is 3.25. The molecule has 1 aliphatic carbocycles. The zero-order valence-corrected chi connectivity index (χ0v) is 9.63. The quantitative estimate of drug-likeness (QED) is 0.668. The molecule has 17 heavy (non-hydrogen) atoms. The van der Waals surface area contributed by atoms with Crippen LogP contribution in [0.5, 0.6) is 0 Å². The first-order chi connectivity index (χ1) is 8.29. The van der Waals surface area contributed by atoms with Gasteiger partial charge in [0, 0.05) is 6.54 Å². The molecule has 0 radical (unpaired) electrons. The molecule has 2 saturated heterocycles. The number of nitrogens with zero attached hydrogens (tertiary/aromatic N) is 1. The molecule has 3 atom stereocenters. The minimum absolute atomic E-state index is 0.0192. The van der Waals surface area contributed by atoms with Gasteiger partial charge in [-0.2, -0.15) is 0 Å². The Hall–Kier alpha value is -1.42. The van der Waals surface area contributed by atoms with E-state index in [0.29, 0.717) is 0 Å². The van der Waals surface area contributed by atoms with Crippen molar-refractivity contribution in [3.63, 3.8) is 0 Å². The van der Waals surface area contributed by atoms with Gasteiger partial charge in [0.2, 0.25) is 11.8 Å². The SMILES string of the molecule is O=C1C2C=CC=CC2C(=O)N1C1CCCNC1. The van der Waals surface area contributed by atoms with Crippen molar-refractivity contribution < 1.29 is 9.59 Å². The molecule has 3 unspecified atom stereocenters. The molecular formula is C13H16N2O2. The Morgan fingerprint density at radius 2 is 1.76 bits per heavy atom. The van der Waals surface area contributed by atoms with Crippen molar-refractivity contribution in [3.05, 3.63) is 24.3 Å². The lowest BCUT2D eigenvalue weighted by Crippen LogP contribution is -2.49. The summed E-state index contributed by atoms with van der Waals surface area (Å²) in [5.41, 5.74) is 0. The number of carbonyl (C=O) groups is 2. The summed E-state index contributed by atoms with van der Waals surface area (Å²) in [6.45, 7) is 1.73. The third-order valence-corrected chi connectivity index (χ3v) is 3.82. The van der Waals surface area contributed by atoms with Gasteiger partial charge < -0.3 is 5.32 Å². The van der Waals surface area contributed by atoms with Gasteiger partial charge in [0.1, 0.15) is 0 Å². The van der Waals surface area contributed by atoms with Crippen molar-refractivity contribution >= 4 is 11.8 Å². The van der Waals surface area contributed by atoms with Crippen LogP contribution in [0.15, 0.2) is 24.3 Å². The molecule has 0 spiro atoms. The van der Waals surface area contributed by atoms with E-state index in [9.17, 15) is 9.59 Å². The third-order valence-electron chi connectivity index (χ3n) is 3.82. The fourth-order valence-electron chi connectivity index (χ4n) is 2.92. The van der Waals surface area contributed by atoms with Gasteiger partial charge in [-0.05, 0) is 19.4 Å². The van der Waals surface area contributed by atoms with Crippen LogP contribution >= 0.6 is 0 Å². The van der Waals surface area contributed by atoms with E-state index in [0.717, 1.165) is 25.9 Å². The average Bonchev–Trinajstić information content (AvgIpc) is 2.64. The van der Waals surface area contributed by atoms with Crippen LogP contribution in [0.4, 0.5) is 0 Å². The number of imide groups is 1. The van der Waals surface area contributed by atoms with Crippen LogP contribution in [0.1, 0.15) is 12.8 Å². The number of fused-ring (bicyclic) bond motifs is 1. The van der Waals surface area contributed by atoms with E-state index in [1.54, 1.807) is 0 Å². The number of hydrogen-bond acceptors (Lipinski definition) is 3. The van der Waals surface area contributed by atoms with E-state index in [4.69, 9.17) is 0 Å². The van der Waals surface area contributed by atoms with E-state index < -0.39 is 0 Å². The first-order valence-corrected chi connectivity index (χ1v) is 6.21. The second kappa shape index (κ2) is 4.11. The maximum Gasteiger partial charge on any atom is 0.237 e. The van der Waals surface area contributed by atoms with Crippen LogP contribution in [0.3, 0.4) is 0 Å². The molecule has 2 amide bonds. The first-order valence-electron chi connectivity index (χ1n) is 6.21. The van der Waals surface area contributed by atoms with Crippen molar-refractivity contribution in [2.24, 2.45) is 11.8 Å². The second-order valence-corrected chi connectivity index (χ2v) is 4.87. The third kappa shape index (κ3) is 1.63. The summed E-state index contributed by atoms with van der Waals surface area (Å²) >= 11 is 0. The molecule has 4 nitrogen and oxygen atoms in total. The van der Waals surface area contributed by atoms with Crippen molar-refractivity contribution in [1.29, 1.82) is 0 Å². The number of allylic oxidation sites excluding steroid dienone is 2. The van der Waals surface area contributed by atoms with Crippen LogP contribution < -0.4 is 5.32 Å². The van der Waals surface area contributed by atoms with Crippen LogP contribution in [0.25, 0.3) is 0 Å². The highest BCUT2D eigenvalue weighted by Gasteiger charge is 2.48. The van der Waals surface area contributed by atoms with E-state index >= 15 is 0 Å². The molecule has 0 aromatic heterocycles. The standard InChI is InChI=1S/C13H16N2O2/c16-12-10-5-1-2-6-11(10)13(17)15(12)9-4-3-7-14-8-9/h1-2,5-6,9-11,14H,3-4,7-8H2. The van der Waals surface area contributed by atoms with Crippen LogP contribution in [-0.2, 0) is 9.59 Å². The fraction of sp³-hybridized carbons (Fsp3) is 0.538. The van der Waals surface area contributed by atoms with Crippen molar-refractivity contribution in [3.8, 4) is 0 Å². The fourth-order valence-corrected chi connectivity index (χ4v) is 2.92. The van der Waals surface area contributed by atoms with Gasteiger partial charge in [-0.15, -0.1) is 0 Å². The van der Waals surface area contributed by atoms with Gasteiger partial charge in [0.25, 0.3) is 0 Å². The van der Waals surface area contributed by atoms with Crippen molar-refractivity contribution in [1.82, 2.24) is 10.2 Å². The topological polar surface area (TPSA) is 49.4 Å². The van der Waals surface area contributed by atoms with E-state index in [2.05, 4.69) is 5.32 Å². The van der Waals surface area contributed by atoms with E-state index in [1.807, 2.05) is 24.3 Å². The zero-order chi connectivity index (χ0) is 11.8. The predicted molar refractivity (Wildman–Crippen MR) is 63.0 cm³/mol. The lowest BCUT2D eigenvalue weighted by molar-refractivity contribution is -0.142. The molecule has 0 aromatic rings. The highest BCUT2D eigenvalue weighted by molar-refractivity contribution is 6.07. The predicted octanol–water partition coefficient (Wildman–Crippen LogP) is 0.466. The molecule has 0 saturated carbocycles. The second-order valence-electron chi connectivity index (χ2n) is 4.87. The molecule has 90 valence electrons. The molecule has 2 heterocycles. The Morgan fingerprint density at radius 1 is 1.12 bits per heavy atom. The average molecular weight is 232 g/mol. The van der Waals surface area contributed by atoms with Gasteiger partial charge in [-0.25, -0.2) is 0 Å². The Kier molecular flexibility index (Phi) is 2.59. The van der Waals surface area contributed by atoms with Crippen molar-refractivity contribution in [2.75, 3.05) is 13.1 Å². The summed E-state index contributed by atoms with van der Waals surface area (Å²) in [4.78, 5) is 26.0. The summed E-state index contributed by atoms with van der Waals surface area (Å²) in [7, 11) is 0. The molecule has 2 aliphatic heterocycles. The number of amides is 2. The minimum atomic E-state index is -0.255. The maximum atomic E-state index is 12.2. The van der Waals surface area contributed by atoms with E-state index in [1.165, 1.54) is 4.90 Å². The van der Waals surface area contributed by atoms with Crippen LogP contribution in [0.2, 0.25) is 0 Å². The molecule has 4 heteroatoms. The van der Waals surface area contributed by atoms with Gasteiger partial charge in [-0.1, -0.05) is 24.3 Å². The summed E-state index contributed by atoms with van der Waals surface area (Å²) in [6, 6.07) is 0.0520. The number of likely N-dealkylation sites (tertiary alicyclic amines) is 1. The number of nitrogens with one attached hydrogen (secondary N) is 1. The lowest BCUT2D eigenvalue weighted by Gasteiger charge is -2.30. The number of hydrogen-bond donors (Lipinski definition) is 1. The highest BCUT2D eigenvalue weighted by Crippen LogP contribution is 2.33. The molecule has 0 aromatic carbocycles. The molecule has 1 N–H and O–H groups in total. The first kappa shape index (κ1) is 10.7.